The Balaban J connectivity index is 2.86. The summed E-state index contributed by atoms with van der Waals surface area (Å²) in [5.41, 5.74) is 0.0200. The second-order valence-electron chi connectivity index (χ2n) is 4.70. The Kier molecular flexibility index (Phi) is 6.68. The van der Waals surface area contributed by atoms with E-state index in [9.17, 15) is 9.59 Å². The maximum atomic E-state index is 12.1. The lowest BCUT2D eigenvalue weighted by atomic mass is 10.1. The van der Waals surface area contributed by atoms with Crippen LogP contribution >= 0.6 is 15.9 Å². The predicted molar refractivity (Wildman–Crippen MR) is 83.7 cm³/mol. The van der Waals surface area contributed by atoms with Crippen LogP contribution in [0.15, 0.2) is 22.7 Å². The van der Waals surface area contributed by atoms with E-state index in [0.29, 0.717) is 4.47 Å². The molecule has 0 radical (unpaired) electrons. The number of nitrogens with one attached hydrogen (secondary N) is 1. The van der Waals surface area contributed by atoms with Crippen molar-refractivity contribution in [1.29, 1.82) is 0 Å². The lowest BCUT2D eigenvalue weighted by molar-refractivity contribution is -0.128. The molecule has 0 spiro atoms. The summed E-state index contributed by atoms with van der Waals surface area (Å²) in [6.45, 7) is 5.59. The maximum absolute atomic E-state index is 12.1. The van der Waals surface area contributed by atoms with Crippen molar-refractivity contribution >= 4 is 27.8 Å². The van der Waals surface area contributed by atoms with Gasteiger partial charge in [-0.3, -0.25) is 4.79 Å². The van der Waals surface area contributed by atoms with Crippen LogP contribution in [0, 0.1) is 0 Å². The number of ether oxygens (including phenoxy) is 1. The van der Waals surface area contributed by atoms with Crippen LogP contribution in [0.3, 0.4) is 0 Å². The van der Waals surface area contributed by atoms with Gasteiger partial charge in [0.2, 0.25) is 0 Å². The molecule has 0 saturated carbocycles. The number of rotatable bonds is 7. The number of para-hydroxylation sites is 1. The van der Waals surface area contributed by atoms with Crippen molar-refractivity contribution in [2.75, 3.05) is 0 Å². The largest absolute Gasteiger partial charge is 0.479 e. The van der Waals surface area contributed by atoms with E-state index in [-0.39, 0.29) is 23.3 Å². The van der Waals surface area contributed by atoms with Crippen LogP contribution in [0.2, 0.25) is 0 Å². The molecule has 0 fully saturated rings. The molecule has 1 aromatic rings. The Bertz CT molecular complexity index is 514. The molecule has 1 unspecified atom stereocenters. The first-order valence-electron chi connectivity index (χ1n) is 6.89. The van der Waals surface area contributed by atoms with E-state index in [0.717, 1.165) is 12.8 Å². The number of carbonyl (C=O) groups excluding carboxylic acids is 1. The minimum atomic E-state index is -1.10. The minimum Gasteiger partial charge on any atom is -0.479 e. The third kappa shape index (κ3) is 4.74. The average molecular weight is 358 g/mol. The minimum absolute atomic E-state index is 0.0200. The molecule has 116 valence electrons. The smallest absolute Gasteiger partial charge is 0.339 e. The summed E-state index contributed by atoms with van der Waals surface area (Å²) < 4.78 is 6.05. The second kappa shape index (κ2) is 8.02. The quantitative estimate of drug-likeness (QED) is 0.785. The molecule has 0 aliphatic heterocycles. The van der Waals surface area contributed by atoms with Crippen molar-refractivity contribution in [2.24, 2.45) is 0 Å². The number of aromatic carboxylic acids is 1. The third-order valence-corrected chi connectivity index (χ3v) is 3.82. The number of hydrogen-bond acceptors (Lipinski definition) is 3. The van der Waals surface area contributed by atoms with Crippen molar-refractivity contribution in [3.05, 3.63) is 28.2 Å². The van der Waals surface area contributed by atoms with Crippen LogP contribution < -0.4 is 10.1 Å². The van der Waals surface area contributed by atoms with Gasteiger partial charge in [-0.1, -0.05) is 19.9 Å². The van der Waals surface area contributed by atoms with E-state index in [1.165, 1.54) is 6.07 Å². The van der Waals surface area contributed by atoms with Gasteiger partial charge in [0.05, 0.1) is 4.47 Å². The van der Waals surface area contributed by atoms with E-state index in [4.69, 9.17) is 9.84 Å². The monoisotopic (exact) mass is 357 g/mol. The highest BCUT2D eigenvalue weighted by Crippen LogP contribution is 2.30. The molecule has 2 N–H and O–H groups in total. The van der Waals surface area contributed by atoms with E-state index in [2.05, 4.69) is 21.2 Å². The molecule has 0 heterocycles. The standard InChI is InChI=1S/C15H20BrNO4/c1-4-10(5-2)17-14(18)9(3)21-13-11(15(19)20)7-6-8-12(13)16/h6-10H,4-5H2,1-3H3,(H,17,18)(H,19,20). The molecular weight excluding hydrogens is 338 g/mol. The van der Waals surface area contributed by atoms with Gasteiger partial charge in [-0.05, 0) is 47.8 Å². The first kappa shape index (κ1) is 17.5. The number of carboxylic acids is 1. The SMILES string of the molecule is CCC(CC)NC(=O)C(C)Oc1c(Br)cccc1C(=O)O. The van der Waals surface area contributed by atoms with Crippen LogP contribution in [0.5, 0.6) is 5.75 Å². The molecule has 21 heavy (non-hydrogen) atoms. The maximum Gasteiger partial charge on any atom is 0.339 e. The number of benzene rings is 1. The fourth-order valence-electron chi connectivity index (χ4n) is 1.84. The Morgan fingerprint density at radius 3 is 2.48 bits per heavy atom. The number of amides is 1. The summed E-state index contributed by atoms with van der Waals surface area (Å²) >= 11 is 3.25. The van der Waals surface area contributed by atoms with Crippen LogP contribution in [0.4, 0.5) is 0 Å². The molecule has 0 aliphatic rings. The highest BCUT2D eigenvalue weighted by atomic mass is 79.9. The van der Waals surface area contributed by atoms with Crippen molar-refractivity contribution < 1.29 is 19.4 Å². The summed E-state index contributed by atoms with van der Waals surface area (Å²) in [6, 6.07) is 4.82. The lowest BCUT2D eigenvalue weighted by Crippen LogP contribution is -2.42. The molecule has 0 saturated heterocycles. The molecule has 0 aromatic heterocycles. The average Bonchev–Trinajstić information content (AvgIpc) is 2.46. The van der Waals surface area contributed by atoms with Gasteiger partial charge in [-0.15, -0.1) is 0 Å². The van der Waals surface area contributed by atoms with Gasteiger partial charge in [0.15, 0.2) is 6.10 Å². The van der Waals surface area contributed by atoms with E-state index >= 15 is 0 Å². The zero-order valence-electron chi connectivity index (χ0n) is 12.4. The molecule has 1 rings (SSSR count). The van der Waals surface area contributed by atoms with Crippen molar-refractivity contribution in [1.82, 2.24) is 5.32 Å². The van der Waals surface area contributed by atoms with E-state index < -0.39 is 12.1 Å². The first-order valence-corrected chi connectivity index (χ1v) is 7.68. The van der Waals surface area contributed by atoms with Crippen molar-refractivity contribution in [3.8, 4) is 5.75 Å². The second-order valence-corrected chi connectivity index (χ2v) is 5.56. The Labute approximate surface area is 132 Å². The summed E-state index contributed by atoms with van der Waals surface area (Å²) in [5.74, 6) is -1.19. The third-order valence-electron chi connectivity index (χ3n) is 3.19. The van der Waals surface area contributed by atoms with Gasteiger partial charge in [-0.2, -0.15) is 0 Å². The van der Waals surface area contributed by atoms with Crippen LogP contribution in [0.25, 0.3) is 0 Å². The first-order chi connectivity index (χ1) is 9.90. The summed E-state index contributed by atoms with van der Waals surface area (Å²) in [4.78, 5) is 23.3. The van der Waals surface area contributed by atoms with Gasteiger partial charge in [0, 0.05) is 6.04 Å². The zero-order chi connectivity index (χ0) is 16.0. The Hall–Kier alpha value is -1.56. The van der Waals surface area contributed by atoms with Crippen molar-refractivity contribution in [3.63, 3.8) is 0 Å². The lowest BCUT2D eigenvalue weighted by Gasteiger charge is -2.20. The summed E-state index contributed by atoms with van der Waals surface area (Å²) in [5, 5.41) is 12.0. The zero-order valence-corrected chi connectivity index (χ0v) is 13.9. The summed E-state index contributed by atoms with van der Waals surface area (Å²) in [6.07, 6.45) is 0.900. The van der Waals surface area contributed by atoms with Gasteiger partial charge < -0.3 is 15.2 Å². The molecule has 1 atom stereocenters. The Morgan fingerprint density at radius 2 is 1.95 bits per heavy atom. The molecule has 5 nitrogen and oxygen atoms in total. The van der Waals surface area contributed by atoms with Crippen LogP contribution in [-0.2, 0) is 4.79 Å². The number of carboxylic acid groups (broad SMARTS) is 1. The van der Waals surface area contributed by atoms with Crippen LogP contribution in [-0.4, -0.2) is 29.1 Å². The molecule has 1 aromatic carbocycles. The normalized spacial score (nSPS) is 12.0. The van der Waals surface area contributed by atoms with Crippen molar-refractivity contribution in [2.45, 2.75) is 45.8 Å². The number of hydrogen-bond donors (Lipinski definition) is 2. The number of carbonyl (C=O) groups is 2. The predicted octanol–water partition coefficient (Wildman–Crippen LogP) is 3.22. The van der Waals surface area contributed by atoms with Crippen LogP contribution in [0.1, 0.15) is 44.0 Å². The fraction of sp³-hybridized carbons (Fsp3) is 0.467. The summed E-state index contributed by atoms with van der Waals surface area (Å²) in [7, 11) is 0. The Morgan fingerprint density at radius 1 is 1.33 bits per heavy atom. The molecule has 1 amide bonds. The van der Waals surface area contributed by atoms with Gasteiger partial charge in [0.25, 0.3) is 5.91 Å². The fourth-order valence-corrected chi connectivity index (χ4v) is 2.30. The van der Waals surface area contributed by atoms with Gasteiger partial charge in [-0.25, -0.2) is 4.79 Å². The van der Waals surface area contributed by atoms with E-state index in [1.54, 1.807) is 19.1 Å². The molecular formula is C15H20BrNO4. The molecule has 0 aliphatic carbocycles. The van der Waals surface area contributed by atoms with Gasteiger partial charge in [0.1, 0.15) is 11.3 Å². The number of halogens is 1. The molecule has 0 bridgehead atoms. The topological polar surface area (TPSA) is 75.6 Å². The van der Waals surface area contributed by atoms with E-state index in [1.807, 2.05) is 13.8 Å². The highest BCUT2D eigenvalue weighted by molar-refractivity contribution is 9.10. The highest BCUT2D eigenvalue weighted by Gasteiger charge is 2.22. The molecule has 6 heteroatoms. The van der Waals surface area contributed by atoms with Gasteiger partial charge >= 0.3 is 5.97 Å².